The van der Waals surface area contributed by atoms with Crippen molar-refractivity contribution in [2.45, 2.75) is 20.0 Å². The van der Waals surface area contributed by atoms with Crippen molar-refractivity contribution >= 4 is 46.5 Å². The maximum Gasteiger partial charge on any atom is 0.340 e. The molecule has 2 aromatic rings. The van der Waals surface area contributed by atoms with Crippen LogP contribution in [-0.4, -0.2) is 23.8 Å². The lowest BCUT2D eigenvalue weighted by Crippen LogP contribution is -2.30. The van der Waals surface area contributed by atoms with Gasteiger partial charge in [0, 0.05) is 16.3 Å². The molecule has 0 spiro atoms. The van der Waals surface area contributed by atoms with Gasteiger partial charge in [-0.05, 0) is 56.3 Å². The summed E-state index contributed by atoms with van der Waals surface area (Å²) in [6.45, 7) is 2.89. The summed E-state index contributed by atoms with van der Waals surface area (Å²) in [6.07, 6.45) is -1.05. The van der Waals surface area contributed by atoms with E-state index in [1.165, 1.54) is 26.0 Å². The average molecular weight is 380 g/mol. The Labute approximate surface area is 154 Å². The summed E-state index contributed by atoms with van der Waals surface area (Å²) in [5, 5.41) is 3.12. The van der Waals surface area contributed by atoms with Gasteiger partial charge in [0.15, 0.2) is 11.9 Å². The van der Waals surface area contributed by atoms with Crippen molar-refractivity contribution in [1.82, 2.24) is 0 Å². The lowest BCUT2D eigenvalue weighted by Gasteiger charge is -2.14. The first-order valence-corrected chi connectivity index (χ1v) is 8.11. The van der Waals surface area contributed by atoms with Gasteiger partial charge in [-0.2, -0.15) is 0 Å². The molecule has 130 valence electrons. The summed E-state index contributed by atoms with van der Waals surface area (Å²) >= 11 is 11.8. The quantitative estimate of drug-likeness (QED) is 0.617. The van der Waals surface area contributed by atoms with Crippen LogP contribution in [0.25, 0.3) is 0 Å². The maximum absolute atomic E-state index is 12.1. The third-order valence-corrected chi connectivity index (χ3v) is 3.93. The van der Waals surface area contributed by atoms with E-state index in [-0.39, 0.29) is 16.4 Å². The highest BCUT2D eigenvalue weighted by Gasteiger charge is 2.21. The molecule has 1 N–H and O–H groups in total. The van der Waals surface area contributed by atoms with Gasteiger partial charge in [-0.3, -0.25) is 9.59 Å². The van der Waals surface area contributed by atoms with Crippen LogP contribution in [0.2, 0.25) is 10.0 Å². The largest absolute Gasteiger partial charge is 0.449 e. The Morgan fingerprint density at radius 1 is 1.04 bits per heavy atom. The Morgan fingerprint density at radius 3 is 2.28 bits per heavy atom. The normalized spacial score (nSPS) is 11.5. The van der Waals surface area contributed by atoms with Gasteiger partial charge < -0.3 is 10.1 Å². The summed E-state index contributed by atoms with van der Waals surface area (Å²) in [5.41, 5.74) is 1.10. The van der Waals surface area contributed by atoms with Crippen LogP contribution in [-0.2, 0) is 9.53 Å². The lowest BCUT2D eigenvalue weighted by molar-refractivity contribution is -0.123. The molecule has 0 bridgehead atoms. The molecule has 25 heavy (non-hydrogen) atoms. The van der Waals surface area contributed by atoms with E-state index >= 15 is 0 Å². The molecule has 2 aromatic carbocycles. The van der Waals surface area contributed by atoms with Crippen molar-refractivity contribution in [2.24, 2.45) is 0 Å². The van der Waals surface area contributed by atoms with Crippen molar-refractivity contribution in [3.8, 4) is 0 Å². The summed E-state index contributed by atoms with van der Waals surface area (Å²) in [5.74, 6) is -1.33. The van der Waals surface area contributed by atoms with Crippen molar-refractivity contribution in [2.75, 3.05) is 5.32 Å². The number of hydrogen-bond acceptors (Lipinski definition) is 4. The first-order valence-electron chi connectivity index (χ1n) is 7.36. The molecule has 7 heteroatoms. The standard InChI is InChI=1S/C18H15Cl2NO4/c1-10(22)12-3-6-14(7-4-12)21-17(23)11(2)25-18(24)15-9-13(19)5-8-16(15)20/h3-9,11H,1-2H3,(H,21,23)/t11-/m1/s1. The Morgan fingerprint density at radius 2 is 1.68 bits per heavy atom. The van der Waals surface area contributed by atoms with Gasteiger partial charge in [0.05, 0.1) is 10.6 Å². The van der Waals surface area contributed by atoms with Crippen molar-refractivity contribution in [3.05, 3.63) is 63.6 Å². The molecule has 0 aliphatic rings. The SMILES string of the molecule is CC(=O)c1ccc(NC(=O)[C@@H](C)OC(=O)c2cc(Cl)ccc2Cl)cc1. The summed E-state index contributed by atoms with van der Waals surface area (Å²) in [7, 11) is 0. The number of esters is 1. The highest BCUT2D eigenvalue weighted by Crippen LogP contribution is 2.22. The highest BCUT2D eigenvalue weighted by molar-refractivity contribution is 6.35. The Bertz CT molecular complexity index is 818. The van der Waals surface area contributed by atoms with Crippen LogP contribution < -0.4 is 5.32 Å². The van der Waals surface area contributed by atoms with Crippen LogP contribution in [0.3, 0.4) is 0 Å². The molecular weight excluding hydrogens is 365 g/mol. The van der Waals surface area contributed by atoms with Gasteiger partial charge in [-0.1, -0.05) is 23.2 Å². The number of ketones is 1. The van der Waals surface area contributed by atoms with E-state index < -0.39 is 18.0 Å². The van der Waals surface area contributed by atoms with Gasteiger partial charge in [-0.25, -0.2) is 4.79 Å². The zero-order valence-corrected chi connectivity index (χ0v) is 15.0. The van der Waals surface area contributed by atoms with Gasteiger partial charge in [0.2, 0.25) is 0 Å². The minimum atomic E-state index is -1.05. The fraction of sp³-hybridized carbons (Fsp3) is 0.167. The van der Waals surface area contributed by atoms with Crippen molar-refractivity contribution in [3.63, 3.8) is 0 Å². The van der Waals surface area contributed by atoms with Gasteiger partial charge in [-0.15, -0.1) is 0 Å². The number of anilines is 1. The molecule has 1 atom stereocenters. The van der Waals surface area contributed by atoms with E-state index in [0.29, 0.717) is 16.3 Å². The minimum absolute atomic E-state index is 0.0708. The van der Waals surface area contributed by atoms with Crippen molar-refractivity contribution < 1.29 is 19.1 Å². The average Bonchev–Trinajstić information content (AvgIpc) is 2.57. The highest BCUT2D eigenvalue weighted by atomic mass is 35.5. The second-order valence-corrected chi connectivity index (χ2v) is 6.14. The van der Waals surface area contributed by atoms with Gasteiger partial charge in [0.1, 0.15) is 0 Å². The van der Waals surface area contributed by atoms with E-state index in [0.717, 1.165) is 0 Å². The number of halogens is 2. The number of ether oxygens (including phenoxy) is 1. The van der Waals surface area contributed by atoms with Crippen LogP contribution in [0.4, 0.5) is 5.69 Å². The van der Waals surface area contributed by atoms with E-state index in [9.17, 15) is 14.4 Å². The number of amides is 1. The molecule has 0 radical (unpaired) electrons. The number of benzene rings is 2. The van der Waals surface area contributed by atoms with Gasteiger partial charge in [0.25, 0.3) is 5.91 Å². The Hall–Kier alpha value is -2.37. The lowest BCUT2D eigenvalue weighted by atomic mass is 10.1. The smallest absolute Gasteiger partial charge is 0.340 e. The second kappa shape index (κ2) is 8.14. The van der Waals surface area contributed by atoms with Crippen LogP contribution in [0.1, 0.15) is 34.6 Å². The molecule has 0 unspecified atom stereocenters. The third kappa shape index (κ3) is 5.05. The number of carbonyl (C=O) groups excluding carboxylic acids is 3. The van der Waals surface area contributed by atoms with Crippen LogP contribution in [0.15, 0.2) is 42.5 Å². The van der Waals surface area contributed by atoms with E-state index in [1.807, 2.05) is 0 Å². The predicted molar refractivity (Wildman–Crippen MR) is 96.4 cm³/mol. The number of nitrogens with one attached hydrogen (secondary N) is 1. The molecule has 2 rings (SSSR count). The van der Waals surface area contributed by atoms with Crippen LogP contribution >= 0.6 is 23.2 Å². The van der Waals surface area contributed by atoms with E-state index in [2.05, 4.69) is 5.32 Å². The molecule has 0 fully saturated rings. The maximum atomic E-state index is 12.1. The van der Waals surface area contributed by atoms with Gasteiger partial charge >= 0.3 is 5.97 Å². The monoisotopic (exact) mass is 379 g/mol. The number of hydrogen-bond donors (Lipinski definition) is 1. The van der Waals surface area contributed by atoms with Crippen LogP contribution in [0, 0.1) is 0 Å². The molecule has 0 aromatic heterocycles. The summed E-state index contributed by atoms with van der Waals surface area (Å²) in [6, 6.07) is 10.8. The second-order valence-electron chi connectivity index (χ2n) is 5.29. The first-order chi connectivity index (χ1) is 11.8. The number of Topliss-reactive ketones (excluding diaryl/α,β-unsaturated/α-hetero) is 1. The molecule has 0 aliphatic carbocycles. The Kier molecular flexibility index (Phi) is 6.17. The summed E-state index contributed by atoms with van der Waals surface area (Å²) in [4.78, 5) is 35.5. The van der Waals surface area contributed by atoms with Crippen molar-refractivity contribution in [1.29, 1.82) is 0 Å². The first kappa shape index (κ1) is 19.0. The fourth-order valence-electron chi connectivity index (χ4n) is 1.96. The Balaban J connectivity index is 2.01. The zero-order chi connectivity index (χ0) is 18.6. The molecule has 5 nitrogen and oxygen atoms in total. The van der Waals surface area contributed by atoms with E-state index in [4.69, 9.17) is 27.9 Å². The zero-order valence-electron chi connectivity index (χ0n) is 13.5. The predicted octanol–water partition coefficient (Wildman–Crippen LogP) is 4.38. The van der Waals surface area contributed by atoms with Crippen LogP contribution in [0.5, 0.6) is 0 Å². The van der Waals surface area contributed by atoms with E-state index in [1.54, 1.807) is 30.3 Å². The third-order valence-electron chi connectivity index (χ3n) is 3.36. The molecule has 0 heterocycles. The summed E-state index contributed by atoms with van der Waals surface area (Å²) < 4.78 is 5.12. The molecule has 0 aliphatic heterocycles. The molecule has 1 amide bonds. The molecule has 0 saturated heterocycles. The fourth-order valence-corrected chi connectivity index (χ4v) is 2.33. The topological polar surface area (TPSA) is 72.5 Å². The number of rotatable bonds is 5. The minimum Gasteiger partial charge on any atom is -0.449 e. The number of carbonyl (C=O) groups is 3. The molecule has 0 saturated carbocycles. The molecular formula is C18H15Cl2NO4.